The van der Waals surface area contributed by atoms with E-state index in [9.17, 15) is 4.79 Å². The fraction of sp³-hybridized carbons (Fsp3) is 0.333. The fourth-order valence-corrected chi connectivity index (χ4v) is 1.88. The van der Waals surface area contributed by atoms with Crippen LogP contribution in [0.25, 0.3) is 17.0 Å². The van der Waals surface area contributed by atoms with Crippen molar-refractivity contribution in [3.05, 3.63) is 36.0 Å². The molecule has 100 valence electrons. The highest BCUT2D eigenvalue weighted by atomic mass is 16.5. The van der Waals surface area contributed by atoms with E-state index in [0.29, 0.717) is 6.61 Å². The van der Waals surface area contributed by atoms with Gasteiger partial charge in [-0.05, 0) is 18.6 Å². The van der Waals surface area contributed by atoms with Crippen LogP contribution in [-0.4, -0.2) is 22.4 Å². The molecule has 0 aliphatic carbocycles. The molecule has 19 heavy (non-hydrogen) atoms. The summed E-state index contributed by atoms with van der Waals surface area (Å²) in [6.07, 6.45) is 5.13. The summed E-state index contributed by atoms with van der Waals surface area (Å²) in [5.74, 6) is -0.307. The summed E-state index contributed by atoms with van der Waals surface area (Å²) in [7, 11) is 1.86. The third-order valence-corrected chi connectivity index (χ3v) is 2.91. The summed E-state index contributed by atoms with van der Waals surface area (Å²) in [4.78, 5) is 11.5. The summed E-state index contributed by atoms with van der Waals surface area (Å²) in [5.41, 5.74) is 1.83. The molecule has 0 atom stereocenters. The Morgan fingerprint density at radius 2 is 2.21 bits per heavy atom. The molecular weight excluding hydrogens is 240 g/mol. The lowest BCUT2D eigenvalue weighted by Gasteiger charge is -1.99. The highest BCUT2D eigenvalue weighted by Crippen LogP contribution is 2.18. The first-order chi connectivity index (χ1) is 9.22. The van der Waals surface area contributed by atoms with E-state index in [-0.39, 0.29) is 5.97 Å². The number of aryl methyl sites for hydroxylation is 1. The SMILES string of the molecule is CCCCOC(=O)/C=C/c1c2ccccc2nn1C. The Kier molecular flexibility index (Phi) is 4.34. The smallest absolute Gasteiger partial charge is 0.330 e. The topological polar surface area (TPSA) is 44.1 Å². The number of nitrogens with zero attached hydrogens (tertiary/aromatic N) is 2. The number of hydrogen-bond donors (Lipinski definition) is 0. The van der Waals surface area contributed by atoms with Gasteiger partial charge < -0.3 is 4.74 Å². The van der Waals surface area contributed by atoms with Crippen LogP contribution in [0.2, 0.25) is 0 Å². The van der Waals surface area contributed by atoms with Gasteiger partial charge in [0.25, 0.3) is 0 Å². The van der Waals surface area contributed by atoms with Crippen LogP contribution in [0.3, 0.4) is 0 Å². The van der Waals surface area contributed by atoms with E-state index in [1.165, 1.54) is 6.08 Å². The van der Waals surface area contributed by atoms with Gasteiger partial charge in [-0.3, -0.25) is 4.68 Å². The molecule has 0 spiro atoms. The van der Waals surface area contributed by atoms with Crippen molar-refractivity contribution in [2.24, 2.45) is 7.05 Å². The van der Waals surface area contributed by atoms with Crippen LogP contribution < -0.4 is 0 Å². The molecule has 2 aromatic rings. The van der Waals surface area contributed by atoms with E-state index < -0.39 is 0 Å². The van der Waals surface area contributed by atoms with Crippen molar-refractivity contribution in [2.45, 2.75) is 19.8 Å². The molecular formula is C15H18N2O2. The summed E-state index contributed by atoms with van der Waals surface area (Å²) >= 11 is 0. The first-order valence-electron chi connectivity index (χ1n) is 6.49. The molecule has 1 aromatic carbocycles. The number of ether oxygens (including phenoxy) is 1. The van der Waals surface area contributed by atoms with Gasteiger partial charge in [0.05, 0.1) is 17.8 Å². The predicted molar refractivity (Wildman–Crippen MR) is 75.6 cm³/mol. The van der Waals surface area contributed by atoms with Crippen LogP contribution in [0.5, 0.6) is 0 Å². The molecule has 0 aliphatic heterocycles. The van der Waals surface area contributed by atoms with Crippen LogP contribution in [-0.2, 0) is 16.6 Å². The number of carbonyl (C=O) groups excluding carboxylic acids is 1. The Morgan fingerprint density at radius 1 is 1.42 bits per heavy atom. The Labute approximate surface area is 112 Å². The van der Waals surface area contributed by atoms with Crippen LogP contribution in [0.1, 0.15) is 25.5 Å². The second-order valence-electron chi connectivity index (χ2n) is 4.38. The van der Waals surface area contributed by atoms with Gasteiger partial charge in [-0.2, -0.15) is 5.10 Å². The minimum atomic E-state index is -0.307. The van der Waals surface area contributed by atoms with Gasteiger partial charge in [0.2, 0.25) is 0 Å². The molecule has 0 amide bonds. The standard InChI is InChI=1S/C15H18N2O2/c1-3-4-11-19-15(18)10-9-14-12-7-5-6-8-13(12)16-17(14)2/h5-10H,3-4,11H2,1-2H3/b10-9+. The van der Waals surface area contributed by atoms with E-state index >= 15 is 0 Å². The predicted octanol–water partition coefficient (Wildman–Crippen LogP) is 2.93. The van der Waals surface area contributed by atoms with Crippen molar-refractivity contribution in [2.75, 3.05) is 6.61 Å². The number of fused-ring (bicyclic) bond motifs is 1. The Balaban J connectivity index is 2.12. The van der Waals surface area contributed by atoms with Crippen molar-refractivity contribution >= 4 is 22.9 Å². The molecule has 0 bridgehead atoms. The number of benzene rings is 1. The summed E-state index contributed by atoms with van der Waals surface area (Å²) in [5, 5.41) is 5.41. The first kappa shape index (κ1) is 13.3. The summed E-state index contributed by atoms with van der Waals surface area (Å²) < 4.78 is 6.84. The highest BCUT2D eigenvalue weighted by Gasteiger charge is 2.05. The number of unbranched alkanes of at least 4 members (excludes halogenated alkanes) is 1. The van der Waals surface area contributed by atoms with Crippen molar-refractivity contribution in [3.63, 3.8) is 0 Å². The van der Waals surface area contributed by atoms with Crippen molar-refractivity contribution in [1.82, 2.24) is 9.78 Å². The average molecular weight is 258 g/mol. The molecule has 1 heterocycles. The quantitative estimate of drug-likeness (QED) is 0.470. The van der Waals surface area contributed by atoms with Crippen LogP contribution in [0.15, 0.2) is 30.3 Å². The molecule has 1 aromatic heterocycles. The summed E-state index contributed by atoms with van der Waals surface area (Å²) in [6, 6.07) is 7.85. The molecule has 0 radical (unpaired) electrons. The summed E-state index contributed by atoms with van der Waals surface area (Å²) in [6.45, 7) is 2.54. The Morgan fingerprint density at radius 3 is 3.00 bits per heavy atom. The third-order valence-electron chi connectivity index (χ3n) is 2.91. The van der Waals surface area contributed by atoms with Crippen LogP contribution in [0, 0.1) is 0 Å². The van der Waals surface area contributed by atoms with Gasteiger partial charge in [0.1, 0.15) is 0 Å². The van der Waals surface area contributed by atoms with Gasteiger partial charge in [0.15, 0.2) is 0 Å². The number of carbonyl (C=O) groups is 1. The van der Waals surface area contributed by atoms with Crippen molar-refractivity contribution in [3.8, 4) is 0 Å². The normalized spacial score (nSPS) is 11.3. The van der Waals surface area contributed by atoms with Gasteiger partial charge in [0, 0.05) is 18.5 Å². The molecule has 4 nitrogen and oxygen atoms in total. The van der Waals surface area contributed by atoms with Crippen LogP contribution >= 0.6 is 0 Å². The maximum absolute atomic E-state index is 11.5. The highest BCUT2D eigenvalue weighted by molar-refractivity contribution is 5.92. The maximum Gasteiger partial charge on any atom is 0.330 e. The molecule has 2 rings (SSSR count). The Hall–Kier alpha value is -2.10. The number of aromatic nitrogens is 2. The van der Waals surface area contributed by atoms with Gasteiger partial charge >= 0.3 is 5.97 Å². The second-order valence-corrected chi connectivity index (χ2v) is 4.38. The van der Waals surface area contributed by atoms with Crippen molar-refractivity contribution < 1.29 is 9.53 Å². The lowest BCUT2D eigenvalue weighted by Crippen LogP contribution is -2.02. The molecule has 0 aliphatic rings. The maximum atomic E-state index is 11.5. The zero-order valence-electron chi connectivity index (χ0n) is 11.3. The van der Waals surface area contributed by atoms with Gasteiger partial charge in [-0.1, -0.05) is 31.5 Å². The lowest BCUT2D eigenvalue weighted by molar-refractivity contribution is -0.137. The van der Waals surface area contributed by atoms with Crippen LogP contribution in [0.4, 0.5) is 0 Å². The fourth-order valence-electron chi connectivity index (χ4n) is 1.88. The van der Waals surface area contributed by atoms with E-state index in [0.717, 1.165) is 29.4 Å². The monoisotopic (exact) mass is 258 g/mol. The second kappa shape index (κ2) is 6.18. The van der Waals surface area contributed by atoms with Gasteiger partial charge in [-0.25, -0.2) is 4.79 Å². The van der Waals surface area contributed by atoms with E-state index in [1.807, 2.05) is 31.3 Å². The average Bonchev–Trinajstić information content (AvgIpc) is 2.72. The molecule has 0 N–H and O–H groups in total. The lowest BCUT2D eigenvalue weighted by atomic mass is 10.2. The minimum absolute atomic E-state index is 0.307. The first-order valence-corrected chi connectivity index (χ1v) is 6.49. The van der Waals surface area contributed by atoms with E-state index in [4.69, 9.17) is 4.74 Å². The number of hydrogen-bond acceptors (Lipinski definition) is 3. The minimum Gasteiger partial charge on any atom is -0.463 e. The van der Waals surface area contributed by atoms with E-state index in [1.54, 1.807) is 10.8 Å². The molecule has 0 fully saturated rings. The Bertz CT molecular complexity index is 599. The molecule has 0 saturated heterocycles. The zero-order valence-corrected chi connectivity index (χ0v) is 11.3. The molecule has 0 saturated carbocycles. The molecule has 0 unspecified atom stereocenters. The third kappa shape index (κ3) is 3.22. The largest absolute Gasteiger partial charge is 0.463 e. The molecule has 4 heteroatoms. The zero-order chi connectivity index (χ0) is 13.7. The van der Waals surface area contributed by atoms with Crippen molar-refractivity contribution in [1.29, 1.82) is 0 Å². The van der Waals surface area contributed by atoms with E-state index in [2.05, 4.69) is 12.0 Å². The number of esters is 1. The number of rotatable bonds is 5. The van der Waals surface area contributed by atoms with Gasteiger partial charge in [-0.15, -0.1) is 0 Å².